The number of nitrogens with one attached hydrogen (secondary N) is 1. The average molecular weight is 305 g/mol. The molecule has 98 valence electrons. The number of anilines is 1. The largest absolute Gasteiger partial charge is 0.389 e. The standard InChI is InChI=1S/C11H13ClN2O2S2/c12-9-5-7(11(13)17)1-2-10(9)14-8-3-4-18(15,16)6-8/h1-2,5,8,14H,3-4,6H2,(H2,13,17). The minimum atomic E-state index is -2.90. The number of thiocarbonyl (C=S) groups is 1. The molecule has 2 rings (SSSR count). The number of hydrogen-bond acceptors (Lipinski definition) is 4. The summed E-state index contributed by atoms with van der Waals surface area (Å²) < 4.78 is 22.7. The maximum absolute atomic E-state index is 11.4. The molecule has 0 amide bonds. The van der Waals surface area contributed by atoms with Crippen LogP contribution in [0.25, 0.3) is 0 Å². The van der Waals surface area contributed by atoms with Crippen molar-refractivity contribution in [2.45, 2.75) is 12.5 Å². The van der Waals surface area contributed by atoms with Gasteiger partial charge in [0, 0.05) is 11.6 Å². The predicted octanol–water partition coefficient (Wildman–Crippen LogP) is 1.57. The van der Waals surface area contributed by atoms with Gasteiger partial charge >= 0.3 is 0 Å². The quantitative estimate of drug-likeness (QED) is 0.830. The molecular formula is C11H13ClN2O2S2. The molecule has 0 aromatic heterocycles. The van der Waals surface area contributed by atoms with Crippen LogP contribution < -0.4 is 11.1 Å². The second-order valence-corrected chi connectivity index (χ2v) is 7.38. The van der Waals surface area contributed by atoms with Crippen LogP contribution in [0.5, 0.6) is 0 Å². The Morgan fingerprint density at radius 3 is 2.72 bits per heavy atom. The van der Waals surface area contributed by atoms with Crippen LogP contribution in [-0.2, 0) is 9.84 Å². The third-order valence-corrected chi connectivity index (χ3v) is 5.16. The van der Waals surface area contributed by atoms with Crippen LogP contribution in [0.4, 0.5) is 5.69 Å². The molecule has 0 bridgehead atoms. The highest BCUT2D eigenvalue weighted by molar-refractivity contribution is 7.91. The monoisotopic (exact) mass is 304 g/mol. The Labute approximate surface area is 116 Å². The Hall–Kier alpha value is -0.850. The topological polar surface area (TPSA) is 72.2 Å². The number of halogens is 1. The molecule has 18 heavy (non-hydrogen) atoms. The predicted molar refractivity (Wildman–Crippen MR) is 78.0 cm³/mol. The lowest BCUT2D eigenvalue weighted by Gasteiger charge is -2.14. The van der Waals surface area contributed by atoms with Crippen molar-refractivity contribution in [3.63, 3.8) is 0 Å². The Balaban J connectivity index is 2.13. The van der Waals surface area contributed by atoms with Gasteiger partial charge in [-0.15, -0.1) is 0 Å². The van der Waals surface area contributed by atoms with Gasteiger partial charge in [-0.2, -0.15) is 0 Å². The van der Waals surface area contributed by atoms with E-state index in [-0.39, 0.29) is 22.5 Å². The molecule has 1 aromatic carbocycles. The van der Waals surface area contributed by atoms with Gasteiger partial charge in [0.2, 0.25) is 0 Å². The molecule has 1 aliphatic rings. The van der Waals surface area contributed by atoms with Crippen LogP contribution in [0.15, 0.2) is 18.2 Å². The van der Waals surface area contributed by atoms with Crippen molar-refractivity contribution in [3.8, 4) is 0 Å². The van der Waals surface area contributed by atoms with Gasteiger partial charge in [0.15, 0.2) is 9.84 Å². The summed E-state index contributed by atoms with van der Waals surface area (Å²) in [5.74, 6) is 0.383. The first-order valence-corrected chi connectivity index (χ1v) is 8.04. The number of sulfone groups is 1. The molecule has 1 saturated heterocycles. The fourth-order valence-corrected chi connectivity index (χ4v) is 3.95. The lowest BCUT2D eigenvalue weighted by atomic mass is 10.2. The van der Waals surface area contributed by atoms with E-state index < -0.39 is 9.84 Å². The lowest BCUT2D eigenvalue weighted by Crippen LogP contribution is -2.21. The molecule has 0 saturated carbocycles. The fraction of sp³-hybridized carbons (Fsp3) is 0.364. The van der Waals surface area contributed by atoms with Crippen molar-refractivity contribution >= 4 is 44.3 Å². The molecule has 4 nitrogen and oxygen atoms in total. The first-order valence-electron chi connectivity index (χ1n) is 5.44. The second-order valence-electron chi connectivity index (χ2n) is 4.30. The van der Waals surface area contributed by atoms with E-state index in [0.29, 0.717) is 22.7 Å². The van der Waals surface area contributed by atoms with Crippen molar-refractivity contribution < 1.29 is 8.42 Å². The van der Waals surface area contributed by atoms with Gasteiger partial charge in [-0.25, -0.2) is 8.42 Å². The smallest absolute Gasteiger partial charge is 0.152 e. The van der Waals surface area contributed by atoms with Crippen molar-refractivity contribution in [1.82, 2.24) is 0 Å². The highest BCUT2D eigenvalue weighted by Crippen LogP contribution is 2.26. The third-order valence-electron chi connectivity index (χ3n) is 2.85. The highest BCUT2D eigenvalue weighted by atomic mass is 35.5. The van der Waals surface area contributed by atoms with Crippen molar-refractivity contribution in [3.05, 3.63) is 28.8 Å². The van der Waals surface area contributed by atoms with Crippen LogP contribution in [0.2, 0.25) is 5.02 Å². The summed E-state index contributed by atoms with van der Waals surface area (Å²) in [6, 6.07) is 5.13. The van der Waals surface area contributed by atoms with E-state index in [4.69, 9.17) is 29.6 Å². The Morgan fingerprint density at radius 1 is 1.50 bits per heavy atom. The van der Waals surface area contributed by atoms with Gasteiger partial charge in [-0.05, 0) is 24.6 Å². The van der Waals surface area contributed by atoms with Gasteiger partial charge in [-0.1, -0.05) is 23.8 Å². The van der Waals surface area contributed by atoms with Crippen molar-refractivity contribution in [1.29, 1.82) is 0 Å². The molecular weight excluding hydrogens is 292 g/mol. The van der Waals surface area contributed by atoms with E-state index >= 15 is 0 Å². The summed E-state index contributed by atoms with van der Waals surface area (Å²) in [5, 5.41) is 3.63. The van der Waals surface area contributed by atoms with Gasteiger partial charge in [0.1, 0.15) is 4.99 Å². The molecule has 0 radical (unpaired) electrons. The molecule has 1 aromatic rings. The minimum Gasteiger partial charge on any atom is -0.389 e. The number of nitrogens with two attached hydrogens (primary N) is 1. The van der Waals surface area contributed by atoms with E-state index in [1.807, 2.05) is 0 Å². The van der Waals surface area contributed by atoms with E-state index in [1.165, 1.54) is 0 Å². The number of rotatable bonds is 3. The summed E-state index contributed by atoms with van der Waals surface area (Å²) in [6.07, 6.45) is 0.607. The lowest BCUT2D eigenvalue weighted by molar-refractivity contribution is 0.602. The van der Waals surface area contributed by atoms with Gasteiger partial charge in [-0.3, -0.25) is 0 Å². The van der Waals surface area contributed by atoms with Gasteiger partial charge in [0.05, 0.1) is 22.2 Å². The molecule has 1 aliphatic heterocycles. The number of benzene rings is 1. The average Bonchev–Trinajstić information content (AvgIpc) is 2.61. The zero-order chi connectivity index (χ0) is 13.3. The van der Waals surface area contributed by atoms with Crippen LogP contribution in [0, 0.1) is 0 Å². The zero-order valence-corrected chi connectivity index (χ0v) is 11.9. The van der Waals surface area contributed by atoms with E-state index in [2.05, 4.69) is 5.32 Å². The van der Waals surface area contributed by atoms with Crippen LogP contribution in [0.3, 0.4) is 0 Å². The highest BCUT2D eigenvalue weighted by Gasteiger charge is 2.27. The summed E-state index contributed by atoms with van der Waals surface area (Å²) >= 11 is 11.0. The van der Waals surface area contributed by atoms with Gasteiger partial charge in [0.25, 0.3) is 0 Å². The van der Waals surface area contributed by atoms with E-state index in [0.717, 1.165) is 0 Å². The van der Waals surface area contributed by atoms with Gasteiger partial charge < -0.3 is 11.1 Å². The number of hydrogen-bond donors (Lipinski definition) is 2. The summed E-state index contributed by atoms with van der Waals surface area (Å²) in [7, 11) is -2.90. The van der Waals surface area contributed by atoms with Crippen LogP contribution >= 0.6 is 23.8 Å². The molecule has 1 atom stereocenters. The normalized spacial score (nSPS) is 21.7. The zero-order valence-electron chi connectivity index (χ0n) is 9.52. The Morgan fingerprint density at radius 2 is 2.22 bits per heavy atom. The first kappa shape index (κ1) is 13.6. The molecule has 3 N–H and O–H groups in total. The fourth-order valence-electron chi connectivity index (χ4n) is 1.91. The maximum Gasteiger partial charge on any atom is 0.152 e. The summed E-state index contributed by atoms with van der Waals surface area (Å²) in [6.45, 7) is 0. The molecule has 7 heteroatoms. The SMILES string of the molecule is NC(=S)c1ccc(NC2CCS(=O)(=O)C2)c(Cl)c1. The molecule has 1 fully saturated rings. The van der Waals surface area contributed by atoms with E-state index in [1.54, 1.807) is 18.2 Å². The second kappa shape index (κ2) is 5.03. The summed E-state index contributed by atoms with van der Waals surface area (Å²) in [4.78, 5) is 0.284. The Bertz CT molecular complexity index is 587. The Kier molecular flexibility index (Phi) is 3.79. The molecule has 0 spiro atoms. The molecule has 1 unspecified atom stereocenters. The van der Waals surface area contributed by atoms with E-state index in [9.17, 15) is 8.42 Å². The maximum atomic E-state index is 11.4. The first-order chi connectivity index (χ1) is 8.37. The van der Waals surface area contributed by atoms with Crippen molar-refractivity contribution in [2.24, 2.45) is 5.73 Å². The van der Waals surface area contributed by atoms with Crippen LogP contribution in [0.1, 0.15) is 12.0 Å². The molecule has 0 aliphatic carbocycles. The third kappa shape index (κ3) is 3.13. The van der Waals surface area contributed by atoms with Crippen LogP contribution in [-0.4, -0.2) is 31.0 Å². The minimum absolute atomic E-state index is 0.0804. The van der Waals surface area contributed by atoms with Crippen molar-refractivity contribution in [2.75, 3.05) is 16.8 Å². The summed E-state index contributed by atoms with van der Waals surface area (Å²) in [5.41, 5.74) is 6.91. The molecule has 1 heterocycles.